The summed E-state index contributed by atoms with van der Waals surface area (Å²) in [5.41, 5.74) is 1.68. The van der Waals surface area contributed by atoms with Crippen LogP contribution in [0.3, 0.4) is 0 Å². The number of ether oxygens (including phenoxy) is 1. The van der Waals surface area contributed by atoms with E-state index in [0.29, 0.717) is 18.7 Å². The lowest BCUT2D eigenvalue weighted by Crippen LogP contribution is -2.45. The van der Waals surface area contributed by atoms with Crippen LogP contribution in [0.25, 0.3) is 0 Å². The molecule has 0 aliphatic carbocycles. The highest BCUT2D eigenvalue weighted by Crippen LogP contribution is 2.42. The van der Waals surface area contributed by atoms with Gasteiger partial charge in [0.15, 0.2) is 0 Å². The highest BCUT2D eigenvalue weighted by molar-refractivity contribution is 8.03. The van der Waals surface area contributed by atoms with Crippen LogP contribution >= 0.6 is 11.8 Å². The van der Waals surface area contributed by atoms with E-state index in [2.05, 4.69) is 11.0 Å². The van der Waals surface area contributed by atoms with Crippen molar-refractivity contribution in [3.63, 3.8) is 0 Å². The molecule has 1 saturated heterocycles. The van der Waals surface area contributed by atoms with Crippen LogP contribution in [0, 0.1) is 11.3 Å². The van der Waals surface area contributed by atoms with Crippen LogP contribution in [0.15, 0.2) is 34.9 Å². The Bertz CT molecular complexity index is 663. The van der Waals surface area contributed by atoms with Crippen molar-refractivity contribution in [2.75, 3.05) is 26.7 Å². The molecule has 0 radical (unpaired) electrons. The average Bonchev–Trinajstić information content (AvgIpc) is 2.55. The standard InChI is InChI=1S/C16H17N3O2S/c1-18-9-19-15(20)7-13(14(8-17)16(19)22-10-18)11-3-5-12(21-2)6-4-11/h3-6,13H,7,9-10H2,1-2H3. The first-order chi connectivity index (χ1) is 10.6. The number of carbonyl (C=O) groups is 1. The molecule has 0 spiro atoms. The van der Waals surface area contributed by atoms with Crippen LogP contribution in [0.4, 0.5) is 0 Å². The fourth-order valence-corrected chi connectivity index (χ4v) is 3.88. The van der Waals surface area contributed by atoms with Gasteiger partial charge in [-0.3, -0.25) is 14.6 Å². The van der Waals surface area contributed by atoms with E-state index >= 15 is 0 Å². The van der Waals surface area contributed by atoms with Gasteiger partial charge in [-0.2, -0.15) is 5.26 Å². The predicted octanol–water partition coefficient (Wildman–Crippen LogP) is 2.34. The maximum atomic E-state index is 12.5. The molecule has 1 fully saturated rings. The number of amides is 1. The minimum Gasteiger partial charge on any atom is -0.497 e. The third kappa shape index (κ3) is 2.58. The van der Waals surface area contributed by atoms with Gasteiger partial charge in [0.05, 0.1) is 36.3 Å². The van der Waals surface area contributed by atoms with Crippen LogP contribution in [-0.4, -0.2) is 42.4 Å². The van der Waals surface area contributed by atoms with Crippen molar-refractivity contribution in [3.8, 4) is 11.8 Å². The lowest BCUT2D eigenvalue weighted by Gasteiger charge is -2.40. The molecule has 22 heavy (non-hydrogen) atoms. The molecule has 5 nitrogen and oxygen atoms in total. The molecule has 0 bridgehead atoms. The highest BCUT2D eigenvalue weighted by atomic mass is 32.2. The Hall–Kier alpha value is -1.97. The van der Waals surface area contributed by atoms with Crippen molar-refractivity contribution in [1.29, 1.82) is 5.26 Å². The third-order valence-corrected chi connectivity index (χ3v) is 5.23. The third-order valence-electron chi connectivity index (χ3n) is 3.95. The minimum atomic E-state index is -0.162. The molecule has 3 rings (SSSR count). The quantitative estimate of drug-likeness (QED) is 0.838. The summed E-state index contributed by atoms with van der Waals surface area (Å²) in [5.74, 6) is 1.48. The van der Waals surface area contributed by atoms with Crippen molar-refractivity contribution < 1.29 is 9.53 Å². The molecule has 2 heterocycles. The normalized spacial score (nSPS) is 22.3. The van der Waals surface area contributed by atoms with Gasteiger partial charge in [-0.05, 0) is 24.7 Å². The predicted molar refractivity (Wildman–Crippen MR) is 84.9 cm³/mol. The molecule has 114 valence electrons. The number of allylic oxidation sites excluding steroid dienone is 1. The molecule has 2 aliphatic heterocycles. The summed E-state index contributed by atoms with van der Waals surface area (Å²) in [7, 11) is 3.59. The van der Waals surface area contributed by atoms with Crippen LogP contribution in [0.5, 0.6) is 5.75 Å². The van der Waals surface area contributed by atoms with E-state index in [4.69, 9.17) is 4.74 Å². The number of carbonyl (C=O) groups excluding carboxylic acids is 1. The largest absolute Gasteiger partial charge is 0.497 e. The molecule has 1 aromatic carbocycles. The number of methoxy groups -OCH3 is 1. The number of thioether (sulfide) groups is 1. The fourth-order valence-electron chi connectivity index (χ4n) is 2.79. The highest BCUT2D eigenvalue weighted by Gasteiger charge is 2.37. The van der Waals surface area contributed by atoms with Gasteiger partial charge < -0.3 is 4.74 Å². The number of nitriles is 1. The van der Waals surface area contributed by atoms with Crippen molar-refractivity contribution in [3.05, 3.63) is 40.4 Å². The molecule has 0 aromatic heterocycles. The zero-order valence-corrected chi connectivity index (χ0v) is 13.4. The zero-order chi connectivity index (χ0) is 15.7. The smallest absolute Gasteiger partial charge is 0.229 e. The van der Waals surface area contributed by atoms with E-state index in [1.165, 1.54) is 0 Å². The second kappa shape index (κ2) is 6.03. The summed E-state index contributed by atoms with van der Waals surface area (Å²) in [5, 5.41) is 10.4. The molecule has 1 atom stereocenters. The van der Waals surface area contributed by atoms with E-state index in [9.17, 15) is 10.1 Å². The first-order valence-corrected chi connectivity index (χ1v) is 8.02. The maximum Gasteiger partial charge on any atom is 0.229 e. The Balaban J connectivity index is 1.99. The zero-order valence-electron chi connectivity index (χ0n) is 12.6. The molecular weight excluding hydrogens is 298 g/mol. The molecule has 1 aromatic rings. The molecule has 1 amide bonds. The van der Waals surface area contributed by atoms with Crippen LogP contribution in [0.1, 0.15) is 17.9 Å². The van der Waals surface area contributed by atoms with E-state index in [1.54, 1.807) is 23.8 Å². The SMILES string of the molecule is COc1ccc(C2CC(=O)N3CN(C)CSC3=C2C#N)cc1. The van der Waals surface area contributed by atoms with Gasteiger partial charge in [0.1, 0.15) is 5.75 Å². The summed E-state index contributed by atoms with van der Waals surface area (Å²) < 4.78 is 5.17. The second-order valence-electron chi connectivity index (χ2n) is 5.45. The van der Waals surface area contributed by atoms with Gasteiger partial charge in [0, 0.05) is 12.3 Å². The van der Waals surface area contributed by atoms with E-state index in [1.807, 2.05) is 31.3 Å². The lowest BCUT2D eigenvalue weighted by atomic mass is 9.86. The number of nitrogens with zero attached hydrogens (tertiary/aromatic N) is 3. The number of benzene rings is 1. The fraction of sp³-hybridized carbons (Fsp3) is 0.375. The van der Waals surface area contributed by atoms with Crippen LogP contribution in [-0.2, 0) is 4.79 Å². The lowest BCUT2D eigenvalue weighted by molar-refractivity contribution is -0.131. The van der Waals surface area contributed by atoms with Crippen molar-refractivity contribution in [2.24, 2.45) is 0 Å². The number of fused-ring (bicyclic) bond motifs is 1. The first-order valence-electron chi connectivity index (χ1n) is 7.04. The first kappa shape index (κ1) is 14.9. The Labute approximate surface area is 134 Å². The summed E-state index contributed by atoms with van der Waals surface area (Å²) in [6.45, 7) is 0.557. The summed E-state index contributed by atoms with van der Waals surface area (Å²) >= 11 is 1.56. The van der Waals surface area contributed by atoms with Crippen LogP contribution in [0.2, 0.25) is 0 Å². The van der Waals surface area contributed by atoms with Crippen LogP contribution < -0.4 is 4.74 Å². The number of hydrogen-bond acceptors (Lipinski definition) is 5. The maximum absolute atomic E-state index is 12.5. The Morgan fingerprint density at radius 1 is 1.36 bits per heavy atom. The van der Waals surface area contributed by atoms with Crippen molar-refractivity contribution in [2.45, 2.75) is 12.3 Å². The monoisotopic (exact) mass is 315 g/mol. The molecule has 6 heteroatoms. The number of hydrogen-bond donors (Lipinski definition) is 0. The molecule has 2 aliphatic rings. The molecule has 1 unspecified atom stereocenters. The topological polar surface area (TPSA) is 56.6 Å². The molecule has 0 N–H and O–H groups in total. The summed E-state index contributed by atoms with van der Waals surface area (Å²) in [6.07, 6.45) is 0.340. The Kier molecular flexibility index (Phi) is 4.10. The van der Waals surface area contributed by atoms with E-state index in [-0.39, 0.29) is 11.8 Å². The van der Waals surface area contributed by atoms with Crippen molar-refractivity contribution >= 4 is 17.7 Å². The Morgan fingerprint density at radius 2 is 2.09 bits per heavy atom. The minimum absolute atomic E-state index is 0.0777. The van der Waals surface area contributed by atoms with E-state index in [0.717, 1.165) is 22.2 Å². The van der Waals surface area contributed by atoms with Gasteiger partial charge in [0.25, 0.3) is 0 Å². The summed E-state index contributed by atoms with van der Waals surface area (Å²) in [6, 6.07) is 9.94. The average molecular weight is 315 g/mol. The Morgan fingerprint density at radius 3 is 2.73 bits per heavy atom. The van der Waals surface area contributed by atoms with Gasteiger partial charge in [-0.1, -0.05) is 23.9 Å². The van der Waals surface area contributed by atoms with Gasteiger partial charge in [-0.25, -0.2) is 0 Å². The molecular formula is C16H17N3O2S. The van der Waals surface area contributed by atoms with Gasteiger partial charge >= 0.3 is 0 Å². The molecule has 0 saturated carbocycles. The van der Waals surface area contributed by atoms with E-state index < -0.39 is 0 Å². The van der Waals surface area contributed by atoms with Crippen molar-refractivity contribution in [1.82, 2.24) is 9.80 Å². The summed E-state index contributed by atoms with van der Waals surface area (Å²) in [4.78, 5) is 16.3. The van der Waals surface area contributed by atoms with Gasteiger partial charge in [-0.15, -0.1) is 0 Å². The number of rotatable bonds is 2. The van der Waals surface area contributed by atoms with Gasteiger partial charge in [0.2, 0.25) is 5.91 Å². The second-order valence-corrected chi connectivity index (χ2v) is 6.39.